The minimum Gasteiger partial charge on any atom is -0.478 e. The molecule has 0 aromatic rings. The first-order valence-corrected chi connectivity index (χ1v) is 5.52. The highest BCUT2D eigenvalue weighted by Crippen LogP contribution is 2.32. The lowest BCUT2D eigenvalue weighted by molar-refractivity contribution is -0.132. The van der Waals surface area contributed by atoms with E-state index in [-0.39, 0.29) is 11.3 Å². The Labute approximate surface area is 108 Å². The van der Waals surface area contributed by atoms with Crippen LogP contribution in [-0.4, -0.2) is 34.5 Å². The molecule has 2 heterocycles. The molecule has 0 saturated heterocycles. The average molecular weight is 323 g/mol. The largest absolute Gasteiger partial charge is 0.478 e. The van der Waals surface area contributed by atoms with Gasteiger partial charge < -0.3 is 5.11 Å². The lowest BCUT2D eigenvalue weighted by Crippen LogP contribution is -2.41. The summed E-state index contributed by atoms with van der Waals surface area (Å²) in [6.45, 7) is -0.494. The van der Waals surface area contributed by atoms with E-state index in [1.165, 1.54) is 12.2 Å². The van der Waals surface area contributed by atoms with Crippen molar-refractivity contribution in [2.45, 2.75) is 6.18 Å². The SMILES string of the molecule is O=C(O)C1=C2C=CC(Br)=CN2C(C(F)(F)F)=NC1. The molecule has 0 aromatic carbocycles. The van der Waals surface area contributed by atoms with Gasteiger partial charge in [0.25, 0.3) is 0 Å². The second-order valence-corrected chi connectivity index (χ2v) is 4.44. The Morgan fingerprint density at radius 3 is 2.67 bits per heavy atom. The third-order valence-corrected chi connectivity index (χ3v) is 2.82. The zero-order chi connectivity index (χ0) is 13.5. The summed E-state index contributed by atoms with van der Waals surface area (Å²) in [5, 5.41) is 8.93. The van der Waals surface area contributed by atoms with Crippen molar-refractivity contribution >= 4 is 27.7 Å². The van der Waals surface area contributed by atoms with Crippen LogP contribution in [0.25, 0.3) is 0 Å². The van der Waals surface area contributed by atoms with E-state index in [0.29, 0.717) is 4.48 Å². The number of carbonyl (C=O) groups is 1. The van der Waals surface area contributed by atoms with Crippen molar-refractivity contribution in [3.05, 3.63) is 34.1 Å². The summed E-state index contributed by atoms with van der Waals surface area (Å²) in [4.78, 5) is 15.0. The Morgan fingerprint density at radius 2 is 2.11 bits per heavy atom. The van der Waals surface area contributed by atoms with Crippen LogP contribution in [0.1, 0.15) is 0 Å². The molecule has 0 fully saturated rings. The minimum atomic E-state index is -4.63. The number of aliphatic carboxylic acids is 1. The van der Waals surface area contributed by atoms with Gasteiger partial charge in [-0.1, -0.05) is 0 Å². The molecule has 0 bridgehead atoms. The number of hydrogen-bond donors (Lipinski definition) is 1. The number of amidine groups is 1. The van der Waals surface area contributed by atoms with Crippen molar-refractivity contribution in [2.24, 2.45) is 4.99 Å². The number of halogens is 4. The quantitative estimate of drug-likeness (QED) is 0.806. The van der Waals surface area contributed by atoms with Gasteiger partial charge >= 0.3 is 12.1 Å². The fraction of sp³-hybridized carbons (Fsp3) is 0.200. The van der Waals surface area contributed by atoms with Crippen molar-refractivity contribution in [1.82, 2.24) is 4.90 Å². The number of allylic oxidation sites excluding steroid dienone is 3. The normalized spacial score (nSPS) is 19.4. The summed E-state index contributed by atoms with van der Waals surface area (Å²) < 4.78 is 38.7. The minimum absolute atomic E-state index is 0.0203. The second kappa shape index (κ2) is 4.27. The van der Waals surface area contributed by atoms with Crippen LogP contribution in [0.2, 0.25) is 0 Å². The molecule has 2 aliphatic rings. The highest BCUT2D eigenvalue weighted by molar-refractivity contribution is 9.11. The third-order valence-electron chi connectivity index (χ3n) is 2.35. The van der Waals surface area contributed by atoms with E-state index in [4.69, 9.17) is 5.11 Å². The zero-order valence-electron chi connectivity index (χ0n) is 8.70. The van der Waals surface area contributed by atoms with Crippen molar-refractivity contribution < 1.29 is 23.1 Å². The molecule has 0 unspecified atom stereocenters. The number of rotatable bonds is 1. The molecule has 1 N–H and O–H groups in total. The first-order chi connectivity index (χ1) is 8.30. The lowest BCUT2D eigenvalue weighted by Gasteiger charge is -2.31. The number of carboxylic acids is 1. The van der Waals surface area contributed by atoms with Gasteiger partial charge in [-0.25, -0.2) is 4.79 Å². The zero-order valence-corrected chi connectivity index (χ0v) is 10.3. The van der Waals surface area contributed by atoms with E-state index in [1.807, 2.05) is 0 Å². The van der Waals surface area contributed by atoms with Gasteiger partial charge in [-0.3, -0.25) is 9.89 Å². The summed E-state index contributed by atoms with van der Waals surface area (Å²) in [6.07, 6.45) is -0.698. The number of hydrogen-bond acceptors (Lipinski definition) is 3. The van der Waals surface area contributed by atoms with Gasteiger partial charge in [0.05, 0.1) is 17.8 Å². The number of alkyl halides is 3. The van der Waals surface area contributed by atoms with Gasteiger partial charge in [0.15, 0.2) is 0 Å². The third kappa shape index (κ3) is 2.20. The van der Waals surface area contributed by atoms with Gasteiger partial charge in [-0.2, -0.15) is 13.2 Å². The monoisotopic (exact) mass is 322 g/mol. The molecule has 2 rings (SSSR count). The van der Waals surface area contributed by atoms with Crippen LogP contribution in [0.15, 0.2) is 39.1 Å². The molecule has 0 aliphatic carbocycles. The summed E-state index contributed by atoms with van der Waals surface area (Å²) in [5.74, 6) is -2.40. The highest BCUT2D eigenvalue weighted by Gasteiger charge is 2.43. The molecule has 0 radical (unpaired) electrons. The van der Waals surface area contributed by atoms with Crippen molar-refractivity contribution in [3.8, 4) is 0 Å². The molecule has 4 nitrogen and oxygen atoms in total. The van der Waals surface area contributed by atoms with Crippen LogP contribution in [-0.2, 0) is 4.79 Å². The second-order valence-electron chi connectivity index (χ2n) is 3.52. The molecule has 2 aliphatic heterocycles. The first kappa shape index (κ1) is 12.9. The van der Waals surface area contributed by atoms with E-state index < -0.39 is 24.5 Å². The maximum absolute atomic E-state index is 12.8. The van der Waals surface area contributed by atoms with Crippen LogP contribution in [0.3, 0.4) is 0 Å². The van der Waals surface area contributed by atoms with Crippen LogP contribution in [0.4, 0.5) is 13.2 Å². The maximum Gasteiger partial charge on any atom is 0.449 e. The molecule has 8 heteroatoms. The Bertz CT molecular complexity index is 532. The van der Waals surface area contributed by atoms with Gasteiger partial charge in [-0.05, 0) is 28.1 Å². The van der Waals surface area contributed by atoms with Gasteiger partial charge in [0, 0.05) is 10.7 Å². The smallest absolute Gasteiger partial charge is 0.449 e. The van der Waals surface area contributed by atoms with Crippen LogP contribution in [0, 0.1) is 0 Å². The fourth-order valence-electron chi connectivity index (χ4n) is 1.61. The average Bonchev–Trinajstić information content (AvgIpc) is 2.25. The first-order valence-electron chi connectivity index (χ1n) is 4.73. The topological polar surface area (TPSA) is 52.9 Å². The highest BCUT2D eigenvalue weighted by atomic mass is 79.9. The molecule has 96 valence electrons. The number of nitrogens with zero attached hydrogens (tertiary/aromatic N) is 2. The molecule has 0 aromatic heterocycles. The van der Waals surface area contributed by atoms with Gasteiger partial charge in [0.2, 0.25) is 5.84 Å². The molecule has 0 atom stereocenters. The molecular weight excluding hydrogens is 317 g/mol. The van der Waals surface area contributed by atoms with Crippen LogP contribution >= 0.6 is 15.9 Å². The van der Waals surface area contributed by atoms with Crippen molar-refractivity contribution in [3.63, 3.8) is 0 Å². The molecular formula is C10H6BrF3N2O2. The lowest BCUT2D eigenvalue weighted by atomic mass is 10.1. The molecule has 0 amide bonds. The van der Waals surface area contributed by atoms with E-state index in [0.717, 1.165) is 11.1 Å². The summed E-state index contributed by atoms with van der Waals surface area (Å²) in [5.41, 5.74) is -0.191. The molecule has 0 spiro atoms. The Morgan fingerprint density at radius 1 is 1.44 bits per heavy atom. The fourth-order valence-corrected chi connectivity index (χ4v) is 1.95. The Kier molecular flexibility index (Phi) is 3.05. The van der Waals surface area contributed by atoms with Gasteiger partial charge in [0.1, 0.15) is 0 Å². The Balaban J connectivity index is 2.52. The van der Waals surface area contributed by atoms with Crippen LogP contribution < -0.4 is 0 Å². The predicted molar refractivity (Wildman–Crippen MR) is 61.0 cm³/mol. The molecule has 18 heavy (non-hydrogen) atoms. The summed E-state index contributed by atoms with van der Waals surface area (Å²) in [7, 11) is 0. The van der Waals surface area contributed by atoms with E-state index in [9.17, 15) is 18.0 Å². The van der Waals surface area contributed by atoms with E-state index >= 15 is 0 Å². The van der Waals surface area contributed by atoms with Crippen molar-refractivity contribution in [2.75, 3.05) is 6.54 Å². The number of carboxylic acid groups (broad SMARTS) is 1. The molecule has 0 saturated carbocycles. The van der Waals surface area contributed by atoms with Crippen LogP contribution in [0.5, 0.6) is 0 Å². The summed E-state index contributed by atoms with van der Waals surface area (Å²) >= 11 is 3.04. The van der Waals surface area contributed by atoms with Gasteiger partial charge in [-0.15, -0.1) is 0 Å². The number of fused-ring (bicyclic) bond motifs is 1. The van der Waals surface area contributed by atoms with E-state index in [1.54, 1.807) is 0 Å². The Hall–Kier alpha value is -1.57. The number of aliphatic imine (C=N–C) groups is 1. The predicted octanol–water partition coefficient (Wildman–Crippen LogP) is 2.41. The van der Waals surface area contributed by atoms with Crippen molar-refractivity contribution in [1.29, 1.82) is 0 Å². The van der Waals surface area contributed by atoms with E-state index in [2.05, 4.69) is 20.9 Å². The standard InChI is InChI=1S/C10H6BrF3N2O2/c11-5-1-2-7-6(8(17)18)3-15-9(10(12,13)14)16(7)4-5/h1-2,4H,3H2,(H,17,18). The summed E-state index contributed by atoms with van der Waals surface area (Å²) in [6, 6.07) is 0. The maximum atomic E-state index is 12.8.